The van der Waals surface area contributed by atoms with Crippen LogP contribution < -0.4 is 10.6 Å². The van der Waals surface area contributed by atoms with Crippen LogP contribution in [0.15, 0.2) is 21.0 Å². The highest BCUT2D eigenvalue weighted by atomic mass is 79.9. The summed E-state index contributed by atoms with van der Waals surface area (Å²) < 4.78 is 6.18. The van der Waals surface area contributed by atoms with Crippen LogP contribution in [0.5, 0.6) is 0 Å². The van der Waals surface area contributed by atoms with Gasteiger partial charge in [0.05, 0.1) is 21.8 Å². The van der Waals surface area contributed by atoms with Gasteiger partial charge in [0.2, 0.25) is 5.89 Å². The Hall–Kier alpha value is -0.820. The van der Waals surface area contributed by atoms with E-state index in [0.717, 1.165) is 4.47 Å². The molecule has 1 aromatic heterocycles. The molecule has 19 heavy (non-hydrogen) atoms. The van der Waals surface area contributed by atoms with E-state index in [-0.39, 0.29) is 12.1 Å². The average molecular weight is 366 g/mol. The number of halogens is 3. The average Bonchev–Trinajstić information content (AvgIpc) is 2.87. The van der Waals surface area contributed by atoms with E-state index in [1.807, 2.05) is 14.0 Å². The molecule has 0 spiro atoms. The third-order valence-corrected chi connectivity index (χ3v) is 4.29. The first kappa shape index (κ1) is 14.6. The van der Waals surface area contributed by atoms with Crippen molar-refractivity contribution in [1.29, 1.82) is 0 Å². The van der Waals surface area contributed by atoms with Gasteiger partial charge in [-0.2, -0.15) is 0 Å². The van der Waals surface area contributed by atoms with Crippen LogP contribution in [0.3, 0.4) is 0 Å². The van der Waals surface area contributed by atoms with Gasteiger partial charge in [0.25, 0.3) is 0 Å². The summed E-state index contributed by atoms with van der Waals surface area (Å²) in [7, 11) is 1.81. The highest BCUT2D eigenvalue weighted by Gasteiger charge is 2.14. The molecule has 0 radical (unpaired) electrons. The Kier molecular flexibility index (Phi) is 4.67. The van der Waals surface area contributed by atoms with E-state index in [1.165, 1.54) is 0 Å². The van der Waals surface area contributed by atoms with Gasteiger partial charge in [-0.1, -0.05) is 28.3 Å². The molecule has 2 aromatic rings. The van der Waals surface area contributed by atoms with Crippen molar-refractivity contribution in [3.63, 3.8) is 0 Å². The molecule has 0 saturated carbocycles. The van der Waals surface area contributed by atoms with Crippen molar-refractivity contribution in [2.75, 3.05) is 12.4 Å². The lowest BCUT2D eigenvalue weighted by molar-refractivity contribution is 0.443. The minimum atomic E-state index is -0.0213. The number of benzene rings is 1. The molecule has 2 rings (SSSR count). The van der Waals surface area contributed by atoms with Gasteiger partial charge in [0.15, 0.2) is 0 Å². The van der Waals surface area contributed by atoms with E-state index in [9.17, 15) is 0 Å². The molecule has 0 saturated heterocycles. The molecule has 0 bridgehead atoms. The second-order valence-electron chi connectivity index (χ2n) is 3.80. The van der Waals surface area contributed by atoms with Crippen LogP contribution in [-0.2, 0) is 0 Å². The van der Waals surface area contributed by atoms with Gasteiger partial charge in [-0.25, -0.2) is 0 Å². The molecule has 8 heteroatoms. The maximum Gasteiger partial charge on any atom is 0.320 e. The minimum Gasteiger partial charge on any atom is -0.406 e. The van der Waals surface area contributed by atoms with Crippen LogP contribution in [0.2, 0.25) is 10.0 Å². The Morgan fingerprint density at radius 3 is 2.68 bits per heavy atom. The van der Waals surface area contributed by atoms with Crippen LogP contribution >= 0.6 is 39.1 Å². The van der Waals surface area contributed by atoms with E-state index in [2.05, 4.69) is 36.8 Å². The molecule has 0 aliphatic carbocycles. The Morgan fingerprint density at radius 1 is 1.26 bits per heavy atom. The first-order valence-electron chi connectivity index (χ1n) is 5.44. The number of rotatable bonds is 4. The minimum absolute atomic E-state index is 0.0213. The van der Waals surface area contributed by atoms with Crippen molar-refractivity contribution in [2.45, 2.75) is 13.0 Å². The van der Waals surface area contributed by atoms with E-state index < -0.39 is 0 Å². The van der Waals surface area contributed by atoms with Crippen molar-refractivity contribution in [2.24, 2.45) is 0 Å². The van der Waals surface area contributed by atoms with Crippen LogP contribution in [-0.4, -0.2) is 17.2 Å². The highest BCUT2D eigenvalue weighted by Crippen LogP contribution is 2.36. The van der Waals surface area contributed by atoms with Gasteiger partial charge >= 0.3 is 6.01 Å². The van der Waals surface area contributed by atoms with Gasteiger partial charge in [-0.3, -0.25) is 0 Å². The Balaban J connectivity index is 2.22. The molecule has 0 aliphatic rings. The second kappa shape index (κ2) is 6.09. The lowest BCUT2D eigenvalue weighted by Gasteiger charge is -2.07. The number of anilines is 2. The smallest absolute Gasteiger partial charge is 0.320 e. The number of aromatic nitrogens is 2. The number of hydrogen-bond donors (Lipinski definition) is 2. The Labute approximate surface area is 128 Å². The molecular formula is C11H11BrCl2N4O. The molecule has 1 aromatic carbocycles. The third kappa shape index (κ3) is 3.20. The fourth-order valence-electron chi connectivity index (χ4n) is 1.32. The SMILES string of the molecule is CNC(C)c1nnc(Nc2ccc(Br)c(Cl)c2Cl)o1. The van der Waals surface area contributed by atoms with Crippen molar-refractivity contribution < 1.29 is 4.42 Å². The lowest BCUT2D eigenvalue weighted by Crippen LogP contribution is -2.12. The highest BCUT2D eigenvalue weighted by molar-refractivity contribution is 9.10. The van der Waals surface area contributed by atoms with Crippen molar-refractivity contribution in [3.8, 4) is 0 Å². The Bertz CT molecular complexity index is 590. The summed E-state index contributed by atoms with van der Waals surface area (Å²) in [5.41, 5.74) is 0.599. The van der Waals surface area contributed by atoms with E-state index in [4.69, 9.17) is 27.6 Å². The molecule has 102 valence electrons. The lowest BCUT2D eigenvalue weighted by atomic mass is 10.3. The van der Waals surface area contributed by atoms with Crippen LogP contribution in [0.4, 0.5) is 11.7 Å². The standard InChI is InChI=1S/C11H11BrCl2N4O/c1-5(15-2)10-17-18-11(19-10)16-7-4-3-6(12)8(13)9(7)14/h3-5,15H,1-2H3,(H,16,18). The van der Waals surface area contributed by atoms with Crippen LogP contribution in [0.25, 0.3) is 0 Å². The molecule has 0 aliphatic heterocycles. The van der Waals surface area contributed by atoms with E-state index in [1.54, 1.807) is 12.1 Å². The van der Waals surface area contributed by atoms with Gasteiger partial charge in [0.1, 0.15) is 0 Å². The fraction of sp³-hybridized carbons (Fsp3) is 0.273. The topological polar surface area (TPSA) is 63.0 Å². The maximum atomic E-state index is 6.12. The predicted molar refractivity (Wildman–Crippen MR) is 79.2 cm³/mol. The zero-order valence-electron chi connectivity index (χ0n) is 10.2. The summed E-state index contributed by atoms with van der Waals surface area (Å²) in [6.45, 7) is 1.92. The normalized spacial score (nSPS) is 12.5. The largest absolute Gasteiger partial charge is 0.406 e. The molecule has 5 nitrogen and oxygen atoms in total. The van der Waals surface area contributed by atoms with E-state index in [0.29, 0.717) is 21.6 Å². The molecule has 1 unspecified atom stereocenters. The molecule has 0 amide bonds. The quantitative estimate of drug-likeness (QED) is 0.796. The zero-order valence-corrected chi connectivity index (χ0v) is 13.3. The van der Waals surface area contributed by atoms with Crippen molar-refractivity contribution in [3.05, 3.63) is 32.5 Å². The molecule has 0 fully saturated rings. The fourth-order valence-corrected chi connectivity index (χ4v) is 2.14. The maximum absolute atomic E-state index is 6.12. The zero-order chi connectivity index (χ0) is 14.0. The number of nitrogens with zero attached hydrogens (tertiary/aromatic N) is 2. The molecule has 1 atom stereocenters. The first-order valence-corrected chi connectivity index (χ1v) is 6.99. The predicted octanol–water partition coefficient (Wildman–Crippen LogP) is 4.16. The summed E-state index contributed by atoms with van der Waals surface area (Å²) in [4.78, 5) is 0. The van der Waals surface area contributed by atoms with Crippen molar-refractivity contribution >= 4 is 50.8 Å². The van der Waals surface area contributed by atoms with E-state index >= 15 is 0 Å². The van der Waals surface area contributed by atoms with Crippen LogP contribution in [0, 0.1) is 0 Å². The van der Waals surface area contributed by atoms with Crippen molar-refractivity contribution in [1.82, 2.24) is 15.5 Å². The molecular weight excluding hydrogens is 355 g/mol. The third-order valence-electron chi connectivity index (χ3n) is 2.52. The first-order chi connectivity index (χ1) is 9.02. The van der Waals surface area contributed by atoms with Gasteiger partial charge < -0.3 is 15.1 Å². The second-order valence-corrected chi connectivity index (χ2v) is 5.41. The summed E-state index contributed by atoms with van der Waals surface area (Å²) in [5, 5.41) is 14.6. The van der Waals surface area contributed by atoms with Crippen LogP contribution in [0.1, 0.15) is 18.9 Å². The Morgan fingerprint density at radius 2 is 2.00 bits per heavy atom. The molecule has 2 N–H and O–H groups in total. The number of hydrogen-bond acceptors (Lipinski definition) is 5. The number of nitrogens with one attached hydrogen (secondary N) is 2. The van der Waals surface area contributed by atoms with Gasteiger partial charge in [-0.15, -0.1) is 5.10 Å². The van der Waals surface area contributed by atoms with Gasteiger partial charge in [-0.05, 0) is 42.0 Å². The summed E-state index contributed by atoms with van der Waals surface area (Å²) in [6.07, 6.45) is 0. The molecule has 1 heterocycles. The summed E-state index contributed by atoms with van der Waals surface area (Å²) >= 11 is 15.4. The summed E-state index contributed by atoms with van der Waals surface area (Å²) in [6, 6.07) is 3.79. The monoisotopic (exact) mass is 364 g/mol. The van der Waals surface area contributed by atoms with Gasteiger partial charge in [0, 0.05) is 4.47 Å². The summed E-state index contributed by atoms with van der Waals surface area (Å²) in [5.74, 6) is 0.490.